The zero-order valence-electron chi connectivity index (χ0n) is 18.8. The van der Waals surface area contributed by atoms with Crippen LogP contribution in [-0.4, -0.2) is 47.8 Å². The van der Waals surface area contributed by atoms with Gasteiger partial charge in [0.15, 0.2) is 5.11 Å². The van der Waals surface area contributed by atoms with E-state index in [1.807, 2.05) is 43.3 Å². The molecule has 32 heavy (non-hydrogen) atoms. The van der Waals surface area contributed by atoms with E-state index >= 15 is 0 Å². The quantitative estimate of drug-likeness (QED) is 0.470. The number of nitrogens with one attached hydrogen (secondary N) is 3. The molecule has 6 nitrogen and oxygen atoms in total. The molecule has 7 heteroatoms. The molecule has 2 aromatic carbocycles. The molecule has 0 unspecified atom stereocenters. The van der Waals surface area contributed by atoms with Crippen molar-refractivity contribution in [3.63, 3.8) is 0 Å². The van der Waals surface area contributed by atoms with Crippen LogP contribution < -0.4 is 20.9 Å². The van der Waals surface area contributed by atoms with Gasteiger partial charge in [-0.05, 0) is 62.0 Å². The Hall–Kier alpha value is -2.93. The summed E-state index contributed by atoms with van der Waals surface area (Å²) in [6, 6.07) is 19.4. The van der Waals surface area contributed by atoms with Crippen molar-refractivity contribution >= 4 is 40.0 Å². The van der Waals surface area contributed by atoms with Gasteiger partial charge in [-0.1, -0.05) is 42.5 Å². The number of nitrogens with zero attached hydrogens (tertiary/aromatic N) is 3. The lowest BCUT2D eigenvalue weighted by molar-refractivity contribution is 0.385. The minimum absolute atomic E-state index is 0.379. The number of thiocarbonyl (C=S) groups is 1. The molecular formula is C25H32N6S. The smallest absolute Gasteiger partial charge is 0.225 e. The topological polar surface area (TPSA) is 65.1 Å². The summed E-state index contributed by atoms with van der Waals surface area (Å²) in [7, 11) is 4.04. The highest BCUT2D eigenvalue weighted by Gasteiger charge is 2.22. The van der Waals surface area contributed by atoms with Crippen LogP contribution in [-0.2, 0) is 6.42 Å². The largest absolute Gasteiger partial charge is 0.362 e. The predicted octanol–water partition coefficient (Wildman–Crippen LogP) is 4.13. The molecule has 0 aliphatic heterocycles. The van der Waals surface area contributed by atoms with Crippen LogP contribution in [0.4, 0.5) is 11.8 Å². The van der Waals surface area contributed by atoms with Crippen molar-refractivity contribution in [3.8, 4) is 0 Å². The fraction of sp³-hybridized carbons (Fsp3) is 0.400. The first-order valence-electron chi connectivity index (χ1n) is 11.4. The maximum Gasteiger partial charge on any atom is 0.225 e. The Morgan fingerprint density at radius 3 is 2.38 bits per heavy atom. The molecule has 168 valence electrons. The fourth-order valence-corrected chi connectivity index (χ4v) is 4.50. The van der Waals surface area contributed by atoms with Crippen LogP contribution in [0.15, 0.2) is 54.6 Å². The van der Waals surface area contributed by atoms with Gasteiger partial charge in [-0.15, -0.1) is 0 Å². The average Bonchev–Trinajstić information content (AvgIpc) is 2.80. The number of aromatic nitrogens is 2. The summed E-state index contributed by atoms with van der Waals surface area (Å²) in [5, 5.41) is 12.2. The number of hydrogen-bond acceptors (Lipinski definition) is 5. The Kier molecular flexibility index (Phi) is 7.37. The van der Waals surface area contributed by atoms with Gasteiger partial charge >= 0.3 is 0 Å². The molecule has 1 aromatic heterocycles. The zero-order chi connectivity index (χ0) is 22.3. The standard InChI is InChI=1S/C25H32N6S/c1-31(2)23-21-10-6-7-11-22(21)29-24(30-23)27-19-12-14-20(15-13-19)28-25(32)26-17-16-18-8-4-3-5-9-18/h3-11,19-20H,12-17H2,1-2H3,(H2,26,28,32)(H,27,29,30). The minimum atomic E-state index is 0.379. The van der Waals surface area contributed by atoms with Gasteiger partial charge in [0.1, 0.15) is 5.82 Å². The van der Waals surface area contributed by atoms with E-state index in [0.29, 0.717) is 18.0 Å². The van der Waals surface area contributed by atoms with E-state index in [1.165, 1.54) is 5.56 Å². The molecule has 0 atom stereocenters. The highest BCUT2D eigenvalue weighted by Crippen LogP contribution is 2.26. The molecule has 1 heterocycles. The van der Waals surface area contributed by atoms with Crippen LogP contribution in [0, 0.1) is 0 Å². The van der Waals surface area contributed by atoms with E-state index in [1.54, 1.807) is 0 Å². The maximum absolute atomic E-state index is 5.51. The minimum Gasteiger partial charge on any atom is -0.362 e. The van der Waals surface area contributed by atoms with Gasteiger partial charge in [-0.25, -0.2) is 4.98 Å². The van der Waals surface area contributed by atoms with Crippen LogP contribution in [0.3, 0.4) is 0 Å². The van der Waals surface area contributed by atoms with Crippen LogP contribution in [0.5, 0.6) is 0 Å². The van der Waals surface area contributed by atoms with E-state index in [-0.39, 0.29) is 0 Å². The maximum atomic E-state index is 5.51. The highest BCUT2D eigenvalue weighted by atomic mass is 32.1. The lowest BCUT2D eigenvalue weighted by atomic mass is 9.91. The average molecular weight is 449 g/mol. The van der Waals surface area contributed by atoms with E-state index in [0.717, 1.165) is 60.5 Å². The fourth-order valence-electron chi connectivity index (χ4n) is 4.23. The second kappa shape index (κ2) is 10.6. The van der Waals surface area contributed by atoms with Crippen LogP contribution in [0.2, 0.25) is 0 Å². The molecule has 3 N–H and O–H groups in total. The molecule has 0 amide bonds. The second-order valence-electron chi connectivity index (χ2n) is 8.61. The van der Waals surface area contributed by atoms with Gasteiger partial charge in [0.05, 0.1) is 5.52 Å². The monoisotopic (exact) mass is 448 g/mol. The molecule has 0 spiro atoms. The van der Waals surface area contributed by atoms with E-state index in [9.17, 15) is 0 Å². The van der Waals surface area contributed by atoms with E-state index < -0.39 is 0 Å². The van der Waals surface area contributed by atoms with Crippen molar-refractivity contribution in [2.75, 3.05) is 30.9 Å². The second-order valence-corrected chi connectivity index (χ2v) is 9.02. The molecular weight excluding hydrogens is 416 g/mol. The summed E-state index contributed by atoms with van der Waals surface area (Å²) in [4.78, 5) is 11.6. The third-order valence-electron chi connectivity index (χ3n) is 5.94. The third-order valence-corrected chi connectivity index (χ3v) is 6.21. The zero-order valence-corrected chi connectivity index (χ0v) is 19.7. The molecule has 0 bridgehead atoms. The first-order valence-corrected chi connectivity index (χ1v) is 11.8. The van der Waals surface area contributed by atoms with Crippen molar-refractivity contribution in [3.05, 3.63) is 60.2 Å². The van der Waals surface area contributed by atoms with E-state index in [4.69, 9.17) is 22.2 Å². The Morgan fingerprint density at radius 2 is 1.62 bits per heavy atom. The summed E-state index contributed by atoms with van der Waals surface area (Å²) in [5.74, 6) is 1.65. The Balaban J connectivity index is 1.25. The third kappa shape index (κ3) is 5.85. The van der Waals surface area contributed by atoms with Gasteiger partial charge < -0.3 is 20.9 Å². The number of hydrogen-bond donors (Lipinski definition) is 3. The van der Waals surface area contributed by atoms with Crippen molar-refractivity contribution in [2.45, 2.75) is 44.2 Å². The highest BCUT2D eigenvalue weighted by molar-refractivity contribution is 7.80. The molecule has 1 saturated carbocycles. The van der Waals surface area contributed by atoms with Crippen LogP contribution in [0.25, 0.3) is 10.9 Å². The lowest BCUT2D eigenvalue weighted by Gasteiger charge is -2.30. The van der Waals surface area contributed by atoms with Crippen molar-refractivity contribution in [1.82, 2.24) is 20.6 Å². The van der Waals surface area contributed by atoms with E-state index in [2.05, 4.69) is 46.3 Å². The molecule has 1 aliphatic rings. The molecule has 1 fully saturated rings. The van der Waals surface area contributed by atoms with Crippen LogP contribution in [0.1, 0.15) is 31.2 Å². The summed E-state index contributed by atoms with van der Waals surface area (Å²) >= 11 is 5.51. The summed E-state index contributed by atoms with van der Waals surface area (Å²) in [6.07, 6.45) is 5.26. The Bertz CT molecular complexity index is 1030. The van der Waals surface area contributed by atoms with Gasteiger partial charge in [-0.2, -0.15) is 4.98 Å². The molecule has 3 aromatic rings. The van der Waals surface area contributed by atoms with Gasteiger partial charge in [0.2, 0.25) is 5.95 Å². The van der Waals surface area contributed by atoms with Crippen molar-refractivity contribution in [2.24, 2.45) is 0 Å². The Labute approximate surface area is 195 Å². The SMILES string of the molecule is CN(C)c1nc(NC2CCC(NC(=S)NCCc3ccccc3)CC2)nc2ccccc12. The predicted molar refractivity (Wildman–Crippen MR) is 137 cm³/mol. The molecule has 4 rings (SSSR count). The number of benzene rings is 2. The van der Waals surface area contributed by atoms with Gasteiger partial charge in [0, 0.05) is 38.1 Å². The molecule has 0 saturated heterocycles. The van der Waals surface area contributed by atoms with Gasteiger partial charge in [-0.3, -0.25) is 0 Å². The number of fused-ring (bicyclic) bond motifs is 1. The number of rotatable bonds is 7. The number of para-hydroxylation sites is 1. The summed E-state index contributed by atoms with van der Waals surface area (Å²) in [6.45, 7) is 0.847. The first kappa shape index (κ1) is 22.3. The lowest BCUT2D eigenvalue weighted by Crippen LogP contribution is -2.45. The van der Waals surface area contributed by atoms with Crippen LogP contribution >= 0.6 is 12.2 Å². The summed E-state index contributed by atoms with van der Waals surface area (Å²) in [5.41, 5.74) is 2.29. The first-order chi connectivity index (χ1) is 15.6. The van der Waals surface area contributed by atoms with Crippen molar-refractivity contribution < 1.29 is 0 Å². The summed E-state index contributed by atoms with van der Waals surface area (Å²) < 4.78 is 0. The molecule has 0 radical (unpaired) electrons. The Morgan fingerprint density at radius 1 is 0.938 bits per heavy atom. The van der Waals surface area contributed by atoms with Gasteiger partial charge in [0.25, 0.3) is 0 Å². The van der Waals surface area contributed by atoms with Crippen molar-refractivity contribution in [1.29, 1.82) is 0 Å². The number of anilines is 2. The molecule has 1 aliphatic carbocycles. The normalized spacial score (nSPS) is 18.2.